The quantitative estimate of drug-likeness (QED) is 0.167. The average Bonchev–Trinajstić information content (AvgIpc) is 3.07. The van der Waals surface area contributed by atoms with E-state index >= 15 is 0 Å². The van der Waals surface area contributed by atoms with Gasteiger partial charge in [0.1, 0.15) is 6.07 Å². The molecule has 0 aliphatic heterocycles. The lowest BCUT2D eigenvalue weighted by molar-refractivity contribution is 1.30. The molecule has 194 valence electrons. The first-order valence-electron chi connectivity index (χ1n) is 13.6. The van der Waals surface area contributed by atoms with Gasteiger partial charge in [-0.3, -0.25) is 9.97 Å². The van der Waals surface area contributed by atoms with Crippen LogP contribution in [0.5, 0.6) is 0 Å². The summed E-state index contributed by atoms with van der Waals surface area (Å²) in [6.07, 6.45) is 6.67. The van der Waals surface area contributed by atoms with E-state index in [1.165, 1.54) is 32.7 Å². The summed E-state index contributed by atoms with van der Waals surface area (Å²) >= 11 is 0. The second kappa shape index (κ2) is 10.5. The molecule has 0 aliphatic rings. The standard InChI is InChI=1S/C38H22N4/c1-40-36-24-42-21-19-31(36)26-12-16-28(17-13-26)38-34-8-4-2-6-32(34)37(33-7-3-5-9-35(33)38)27-14-10-25(11-15-27)30-18-20-41-23-29(30)22-39/h2-21,23-24H. The second-order valence-corrected chi connectivity index (χ2v) is 10.0. The highest BCUT2D eigenvalue weighted by Gasteiger charge is 2.17. The highest BCUT2D eigenvalue weighted by atomic mass is 14.7. The molecule has 4 heteroatoms. The van der Waals surface area contributed by atoms with Crippen LogP contribution in [0.15, 0.2) is 134 Å². The van der Waals surface area contributed by atoms with Gasteiger partial charge in [-0.05, 0) is 72.6 Å². The van der Waals surface area contributed by atoms with Gasteiger partial charge in [0.25, 0.3) is 0 Å². The van der Waals surface area contributed by atoms with Gasteiger partial charge in [-0.2, -0.15) is 5.26 Å². The zero-order valence-electron chi connectivity index (χ0n) is 22.5. The molecular weight excluding hydrogens is 512 g/mol. The molecule has 4 nitrogen and oxygen atoms in total. The normalized spacial score (nSPS) is 10.8. The Balaban J connectivity index is 1.41. The van der Waals surface area contributed by atoms with Crippen molar-refractivity contribution in [1.82, 2.24) is 9.97 Å². The van der Waals surface area contributed by atoms with Crippen molar-refractivity contribution in [2.45, 2.75) is 0 Å². The first-order chi connectivity index (χ1) is 20.8. The molecule has 0 atom stereocenters. The number of hydrogen-bond acceptors (Lipinski definition) is 3. The number of hydrogen-bond donors (Lipinski definition) is 0. The van der Waals surface area contributed by atoms with Gasteiger partial charge in [0.05, 0.1) is 12.1 Å². The third-order valence-corrected chi connectivity index (χ3v) is 7.76. The third-order valence-electron chi connectivity index (χ3n) is 7.76. The fraction of sp³-hybridized carbons (Fsp3) is 0. The van der Waals surface area contributed by atoms with Crippen molar-refractivity contribution in [1.29, 1.82) is 5.26 Å². The Kier molecular flexibility index (Phi) is 6.21. The minimum atomic E-state index is 0.546. The highest BCUT2D eigenvalue weighted by molar-refractivity contribution is 6.21. The van der Waals surface area contributed by atoms with Gasteiger partial charge >= 0.3 is 0 Å². The molecule has 2 aromatic heterocycles. The topological polar surface area (TPSA) is 53.9 Å². The molecular formula is C38H22N4. The van der Waals surface area contributed by atoms with E-state index in [-0.39, 0.29) is 0 Å². The molecule has 0 saturated carbocycles. The average molecular weight is 535 g/mol. The van der Waals surface area contributed by atoms with E-state index in [0.29, 0.717) is 11.3 Å². The van der Waals surface area contributed by atoms with Gasteiger partial charge in [0, 0.05) is 30.4 Å². The molecule has 0 radical (unpaired) electrons. The zero-order valence-corrected chi connectivity index (χ0v) is 22.5. The molecule has 0 aliphatic carbocycles. The number of pyridine rings is 2. The fourth-order valence-corrected chi connectivity index (χ4v) is 5.84. The van der Waals surface area contributed by atoms with Crippen LogP contribution < -0.4 is 0 Å². The molecule has 5 aromatic carbocycles. The predicted octanol–water partition coefficient (Wildman–Crippen LogP) is 9.87. The molecule has 0 fully saturated rings. The van der Waals surface area contributed by atoms with Crippen LogP contribution in [0.2, 0.25) is 0 Å². The number of nitrogens with zero attached hydrogens (tertiary/aromatic N) is 4. The van der Waals surface area contributed by atoms with Gasteiger partial charge in [-0.25, -0.2) is 4.85 Å². The van der Waals surface area contributed by atoms with Crippen molar-refractivity contribution >= 4 is 27.2 Å². The van der Waals surface area contributed by atoms with Crippen molar-refractivity contribution in [3.63, 3.8) is 0 Å². The van der Waals surface area contributed by atoms with Gasteiger partial charge in [0.15, 0.2) is 0 Å². The van der Waals surface area contributed by atoms with Gasteiger partial charge in [0.2, 0.25) is 5.69 Å². The number of fused-ring (bicyclic) bond motifs is 2. The Hall–Kier alpha value is -6.10. The van der Waals surface area contributed by atoms with Crippen molar-refractivity contribution in [2.75, 3.05) is 0 Å². The molecule has 0 unspecified atom stereocenters. The lowest BCUT2D eigenvalue weighted by atomic mass is 9.85. The first-order valence-corrected chi connectivity index (χ1v) is 13.6. The Morgan fingerprint density at radius 3 is 1.43 bits per heavy atom. The minimum Gasteiger partial charge on any atom is -0.276 e. The monoisotopic (exact) mass is 534 g/mol. The summed E-state index contributed by atoms with van der Waals surface area (Å²) in [6.45, 7) is 7.53. The van der Waals surface area contributed by atoms with E-state index in [0.717, 1.165) is 33.4 Å². The summed E-state index contributed by atoms with van der Waals surface area (Å²) in [6, 6.07) is 40.1. The Morgan fingerprint density at radius 1 is 0.524 bits per heavy atom. The summed E-state index contributed by atoms with van der Waals surface area (Å²) in [5.41, 5.74) is 9.44. The number of benzene rings is 5. The second-order valence-electron chi connectivity index (χ2n) is 10.0. The van der Waals surface area contributed by atoms with Crippen LogP contribution >= 0.6 is 0 Å². The smallest absolute Gasteiger partial charge is 0.212 e. The zero-order chi connectivity index (χ0) is 28.5. The van der Waals surface area contributed by atoms with Crippen molar-refractivity contribution in [2.24, 2.45) is 0 Å². The molecule has 0 amide bonds. The van der Waals surface area contributed by atoms with E-state index in [1.807, 2.05) is 12.1 Å². The van der Waals surface area contributed by atoms with Crippen LogP contribution in [0, 0.1) is 17.9 Å². The van der Waals surface area contributed by atoms with E-state index in [1.54, 1.807) is 24.8 Å². The number of nitriles is 1. The van der Waals surface area contributed by atoms with Crippen LogP contribution in [0.3, 0.4) is 0 Å². The maximum atomic E-state index is 9.56. The summed E-state index contributed by atoms with van der Waals surface area (Å²) in [4.78, 5) is 11.9. The first kappa shape index (κ1) is 24.9. The lowest BCUT2D eigenvalue weighted by Gasteiger charge is -2.18. The van der Waals surface area contributed by atoms with E-state index in [4.69, 9.17) is 6.57 Å². The van der Waals surface area contributed by atoms with Crippen LogP contribution in [-0.2, 0) is 0 Å². The molecule has 0 spiro atoms. The Bertz CT molecular complexity index is 1980. The summed E-state index contributed by atoms with van der Waals surface area (Å²) < 4.78 is 0. The number of aromatic nitrogens is 2. The lowest BCUT2D eigenvalue weighted by Crippen LogP contribution is -1.91. The highest BCUT2D eigenvalue weighted by Crippen LogP contribution is 2.44. The summed E-state index contributed by atoms with van der Waals surface area (Å²) in [7, 11) is 0. The van der Waals surface area contributed by atoms with Gasteiger partial charge in [-0.15, -0.1) is 0 Å². The third kappa shape index (κ3) is 4.16. The van der Waals surface area contributed by atoms with Crippen molar-refractivity contribution in [3.8, 4) is 50.6 Å². The maximum Gasteiger partial charge on any atom is 0.212 e. The van der Waals surface area contributed by atoms with Crippen LogP contribution in [-0.4, -0.2) is 9.97 Å². The Labute approximate surface area is 243 Å². The van der Waals surface area contributed by atoms with Crippen molar-refractivity contribution < 1.29 is 0 Å². The van der Waals surface area contributed by atoms with Gasteiger partial charge in [-0.1, -0.05) is 97.1 Å². The predicted molar refractivity (Wildman–Crippen MR) is 170 cm³/mol. The van der Waals surface area contributed by atoms with Crippen LogP contribution in [0.1, 0.15) is 5.56 Å². The van der Waals surface area contributed by atoms with Crippen molar-refractivity contribution in [3.05, 3.63) is 151 Å². The fourth-order valence-electron chi connectivity index (χ4n) is 5.84. The Morgan fingerprint density at radius 2 is 0.952 bits per heavy atom. The SMILES string of the molecule is [C-]#[N+]c1cnccc1-c1ccc(-c2c3ccccc3c(-c3ccc(-c4ccncc4C#N)cc3)c3ccccc23)cc1. The summed E-state index contributed by atoms with van der Waals surface area (Å²) in [5.74, 6) is 0. The van der Waals surface area contributed by atoms with Crippen LogP contribution in [0.25, 0.3) is 70.9 Å². The number of rotatable bonds is 4. The molecule has 0 bridgehead atoms. The molecule has 42 heavy (non-hydrogen) atoms. The van der Waals surface area contributed by atoms with Gasteiger partial charge < -0.3 is 0 Å². The van der Waals surface area contributed by atoms with E-state index < -0.39 is 0 Å². The molecule has 0 saturated heterocycles. The molecule has 2 heterocycles. The van der Waals surface area contributed by atoms with E-state index in [9.17, 15) is 5.26 Å². The maximum absolute atomic E-state index is 9.56. The molecule has 0 N–H and O–H groups in total. The molecule has 7 aromatic rings. The largest absolute Gasteiger partial charge is 0.276 e. The van der Waals surface area contributed by atoms with E-state index in [2.05, 4.69) is 118 Å². The molecule has 7 rings (SSSR count). The minimum absolute atomic E-state index is 0.546. The van der Waals surface area contributed by atoms with Crippen LogP contribution in [0.4, 0.5) is 5.69 Å². The summed E-state index contributed by atoms with van der Waals surface area (Å²) in [5, 5.41) is 14.3.